The van der Waals surface area contributed by atoms with E-state index in [-0.39, 0.29) is 18.1 Å². The number of aromatic amines is 1. The number of fused-ring (bicyclic) bond motifs is 1. The van der Waals surface area contributed by atoms with Crippen LogP contribution in [0.3, 0.4) is 0 Å². The van der Waals surface area contributed by atoms with Gasteiger partial charge in [0.25, 0.3) is 5.56 Å². The summed E-state index contributed by atoms with van der Waals surface area (Å²) in [6, 6.07) is 1.80. The van der Waals surface area contributed by atoms with Crippen molar-refractivity contribution in [3.8, 4) is 0 Å². The van der Waals surface area contributed by atoms with Crippen molar-refractivity contribution < 1.29 is 9.90 Å². The number of hydrogen-bond donors (Lipinski definition) is 2. The Morgan fingerprint density at radius 3 is 2.90 bits per heavy atom. The summed E-state index contributed by atoms with van der Waals surface area (Å²) in [4.78, 5) is 31.9. The summed E-state index contributed by atoms with van der Waals surface area (Å²) in [5.74, 6) is 0.395. The van der Waals surface area contributed by atoms with Crippen molar-refractivity contribution in [3.05, 3.63) is 26.0 Å². The van der Waals surface area contributed by atoms with Gasteiger partial charge in [0.1, 0.15) is 10.5 Å². The lowest BCUT2D eigenvalue weighted by molar-refractivity contribution is 0.120. The van der Waals surface area contributed by atoms with Crippen molar-refractivity contribution in [1.29, 1.82) is 0 Å². The lowest BCUT2D eigenvalue weighted by Crippen LogP contribution is -2.38. The minimum absolute atomic E-state index is 0.0257. The van der Waals surface area contributed by atoms with Crippen LogP contribution in [0.1, 0.15) is 31.5 Å². The molecule has 2 heterocycles. The van der Waals surface area contributed by atoms with Gasteiger partial charge in [0, 0.05) is 6.04 Å². The van der Waals surface area contributed by atoms with Crippen LogP contribution in [0, 0.1) is 0 Å². The third-order valence-corrected chi connectivity index (χ3v) is 5.36. The number of rotatable bonds is 3. The number of carboxylic acid groups (broad SMARTS) is 1. The van der Waals surface area contributed by atoms with Gasteiger partial charge >= 0.3 is 6.09 Å². The van der Waals surface area contributed by atoms with Crippen LogP contribution in [-0.4, -0.2) is 32.1 Å². The number of carbonyl (C=O) groups is 1. The molecule has 0 saturated heterocycles. The van der Waals surface area contributed by atoms with Crippen LogP contribution >= 0.6 is 27.3 Å². The van der Waals surface area contributed by atoms with Gasteiger partial charge in [-0.05, 0) is 34.8 Å². The molecule has 0 atom stereocenters. The van der Waals surface area contributed by atoms with Crippen LogP contribution in [0.25, 0.3) is 10.2 Å². The molecular weight excluding hydrogens is 358 g/mol. The molecule has 1 amide bonds. The van der Waals surface area contributed by atoms with E-state index in [0.29, 0.717) is 16.0 Å². The lowest BCUT2D eigenvalue weighted by atomic mass is 10.2. The number of hydrogen-bond acceptors (Lipinski definition) is 4. The molecule has 1 fully saturated rings. The highest BCUT2D eigenvalue weighted by Crippen LogP contribution is 2.27. The minimum Gasteiger partial charge on any atom is -0.465 e. The van der Waals surface area contributed by atoms with Gasteiger partial charge in [0.2, 0.25) is 0 Å². The Bertz CT molecular complexity index is 736. The molecule has 0 aliphatic heterocycles. The summed E-state index contributed by atoms with van der Waals surface area (Å²) >= 11 is 4.65. The first-order valence-electron chi connectivity index (χ1n) is 6.72. The van der Waals surface area contributed by atoms with Gasteiger partial charge in [-0.15, -0.1) is 11.3 Å². The fourth-order valence-corrected chi connectivity index (χ4v) is 4.19. The number of aromatic nitrogens is 2. The topological polar surface area (TPSA) is 86.3 Å². The zero-order valence-electron chi connectivity index (χ0n) is 11.1. The number of nitrogens with one attached hydrogen (secondary N) is 1. The van der Waals surface area contributed by atoms with E-state index < -0.39 is 6.09 Å². The molecule has 2 aromatic heterocycles. The molecular formula is C13H14BrN3O3S. The van der Waals surface area contributed by atoms with Gasteiger partial charge in [0.05, 0.1) is 15.8 Å². The van der Waals surface area contributed by atoms with Crippen molar-refractivity contribution >= 4 is 43.6 Å². The quantitative estimate of drug-likeness (QED) is 0.867. The van der Waals surface area contributed by atoms with E-state index in [9.17, 15) is 14.7 Å². The van der Waals surface area contributed by atoms with Crippen molar-refractivity contribution in [2.75, 3.05) is 0 Å². The van der Waals surface area contributed by atoms with Crippen LogP contribution in [-0.2, 0) is 6.54 Å². The maximum Gasteiger partial charge on any atom is 0.407 e. The summed E-state index contributed by atoms with van der Waals surface area (Å²) in [7, 11) is 0. The van der Waals surface area contributed by atoms with Crippen molar-refractivity contribution in [2.24, 2.45) is 0 Å². The minimum atomic E-state index is -0.962. The molecule has 112 valence electrons. The van der Waals surface area contributed by atoms with Crippen molar-refractivity contribution in [2.45, 2.75) is 38.3 Å². The summed E-state index contributed by atoms with van der Waals surface area (Å²) < 4.78 is 1.38. The van der Waals surface area contributed by atoms with Gasteiger partial charge in [-0.25, -0.2) is 9.78 Å². The third-order valence-electron chi connectivity index (χ3n) is 3.73. The molecule has 0 bridgehead atoms. The summed E-state index contributed by atoms with van der Waals surface area (Å²) in [6.07, 6.45) is 2.89. The number of amides is 1. The molecule has 3 rings (SSSR count). The Hall–Kier alpha value is -1.41. The van der Waals surface area contributed by atoms with E-state index in [1.165, 1.54) is 16.2 Å². The van der Waals surface area contributed by atoms with E-state index in [2.05, 4.69) is 25.9 Å². The zero-order chi connectivity index (χ0) is 15.0. The normalized spacial score (nSPS) is 15.7. The number of thiophene rings is 1. The predicted molar refractivity (Wildman–Crippen MR) is 83.8 cm³/mol. The maximum absolute atomic E-state index is 12.0. The molecule has 2 aromatic rings. The highest BCUT2D eigenvalue weighted by atomic mass is 79.9. The molecule has 6 nitrogen and oxygen atoms in total. The monoisotopic (exact) mass is 371 g/mol. The molecule has 0 unspecified atom stereocenters. The van der Waals surface area contributed by atoms with Crippen LogP contribution in [0.4, 0.5) is 4.79 Å². The number of H-pyrrole nitrogens is 1. The fourth-order valence-electron chi connectivity index (χ4n) is 2.76. The second-order valence-corrected chi connectivity index (χ2v) is 7.56. The maximum atomic E-state index is 12.0. The molecule has 8 heteroatoms. The lowest BCUT2D eigenvalue weighted by Gasteiger charge is -2.25. The summed E-state index contributed by atoms with van der Waals surface area (Å²) in [5.41, 5.74) is 0.379. The van der Waals surface area contributed by atoms with Crippen LogP contribution in [0.15, 0.2) is 14.6 Å². The van der Waals surface area contributed by atoms with Gasteiger partial charge in [-0.3, -0.25) is 9.69 Å². The molecule has 0 aromatic carbocycles. The smallest absolute Gasteiger partial charge is 0.407 e. The molecule has 1 aliphatic rings. The molecule has 1 saturated carbocycles. The predicted octanol–water partition coefficient (Wildman–Crippen LogP) is 3.17. The van der Waals surface area contributed by atoms with E-state index in [0.717, 1.165) is 29.5 Å². The first-order chi connectivity index (χ1) is 10.0. The van der Waals surface area contributed by atoms with Gasteiger partial charge in [-0.1, -0.05) is 12.8 Å². The van der Waals surface area contributed by atoms with Gasteiger partial charge in [-0.2, -0.15) is 0 Å². The fraction of sp³-hybridized carbons (Fsp3) is 0.462. The SMILES string of the molecule is O=C(O)N(Cc1nc2cc(Br)sc2c(=O)[nH]1)C1CCCC1. The average molecular weight is 372 g/mol. The Balaban J connectivity index is 1.92. The van der Waals surface area contributed by atoms with Crippen LogP contribution < -0.4 is 5.56 Å². The van der Waals surface area contributed by atoms with E-state index in [1.54, 1.807) is 6.07 Å². The van der Waals surface area contributed by atoms with E-state index in [4.69, 9.17) is 0 Å². The van der Waals surface area contributed by atoms with Gasteiger partial charge in [0.15, 0.2) is 0 Å². The average Bonchev–Trinajstić information content (AvgIpc) is 3.04. The van der Waals surface area contributed by atoms with Crippen molar-refractivity contribution in [3.63, 3.8) is 0 Å². The number of nitrogens with zero attached hydrogens (tertiary/aromatic N) is 2. The Labute approximate surface area is 132 Å². The van der Waals surface area contributed by atoms with E-state index >= 15 is 0 Å². The van der Waals surface area contributed by atoms with Crippen LogP contribution in [0.2, 0.25) is 0 Å². The first kappa shape index (κ1) is 14.5. The second-order valence-electron chi connectivity index (χ2n) is 5.13. The first-order valence-corrected chi connectivity index (χ1v) is 8.33. The molecule has 0 radical (unpaired) electrons. The van der Waals surface area contributed by atoms with Crippen molar-refractivity contribution in [1.82, 2.24) is 14.9 Å². The Morgan fingerprint density at radius 1 is 1.52 bits per heavy atom. The second kappa shape index (κ2) is 5.76. The van der Waals surface area contributed by atoms with E-state index in [1.807, 2.05) is 0 Å². The number of halogens is 1. The standard InChI is InChI=1S/C13H14BrN3O3S/c14-9-5-8-11(21-9)12(18)16-10(15-8)6-17(13(19)20)7-3-1-2-4-7/h5,7H,1-4,6H2,(H,19,20)(H,15,16,18). The Morgan fingerprint density at radius 2 is 2.24 bits per heavy atom. The molecule has 21 heavy (non-hydrogen) atoms. The van der Waals surface area contributed by atoms with Crippen LogP contribution in [0.5, 0.6) is 0 Å². The van der Waals surface area contributed by atoms with Gasteiger partial charge < -0.3 is 10.1 Å². The zero-order valence-corrected chi connectivity index (χ0v) is 13.5. The summed E-state index contributed by atoms with van der Waals surface area (Å²) in [6.45, 7) is 0.124. The highest BCUT2D eigenvalue weighted by molar-refractivity contribution is 9.11. The summed E-state index contributed by atoms with van der Waals surface area (Å²) in [5, 5.41) is 9.38. The Kier molecular flexibility index (Phi) is 3.99. The largest absolute Gasteiger partial charge is 0.465 e. The third kappa shape index (κ3) is 2.96. The highest BCUT2D eigenvalue weighted by Gasteiger charge is 2.27. The molecule has 1 aliphatic carbocycles. The molecule has 2 N–H and O–H groups in total. The molecule has 0 spiro atoms.